The Labute approximate surface area is 116 Å². The molecule has 0 atom stereocenters. The van der Waals surface area contributed by atoms with Crippen molar-refractivity contribution in [1.29, 1.82) is 0 Å². The SMILES string of the molecule is C=CCC(O)(CC=C)COCCO.O=C(O)OC(=O)O. The van der Waals surface area contributed by atoms with E-state index in [-0.39, 0.29) is 19.8 Å². The highest BCUT2D eigenvalue weighted by molar-refractivity contribution is 5.74. The summed E-state index contributed by atoms with van der Waals surface area (Å²) < 4.78 is 8.14. The van der Waals surface area contributed by atoms with Crippen LogP contribution >= 0.6 is 0 Å². The van der Waals surface area contributed by atoms with Crippen LogP contribution in [0.15, 0.2) is 25.3 Å². The van der Waals surface area contributed by atoms with E-state index in [0.29, 0.717) is 12.8 Å². The zero-order chi connectivity index (χ0) is 16.0. The first-order valence-electron chi connectivity index (χ1n) is 5.57. The fourth-order valence-corrected chi connectivity index (χ4v) is 1.14. The average molecular weight is 292 g/mol. The van der Waals surface area contributed by atoms with Gasteiger partial charge in [-0.3, -0.25) is 0 Å². The van der Waals surface area contributed by atoms with E-state index in [1.54, 1.807) is 12.2 Å². The fourth-order valence-electron chi connectivity index (χ4n) is 1.14. The van der Waals surface area contributed by atoms with Crippen molar-refractivity contribution in [3.05, 3.63) is 25.3 Å². The minimum atomic E-state index is -1.81. The molecule has 0 aromatic heterocycles. The summed E-state index contributed by atoms with van der Waals surface area (Å²) in [6.45, 7) is 7.53. The molecule has 0 amide bonds. The number of carboxylic acid groups (broad SMARTS) is 2. The van der Waals surface area contributed by atoms with Crippen LogP contribution in [0.25, 0.3) is 0 Å². The van der Waals surface area contributed by atoms with Gasteiger partial charge in [0.1, 0.15) is 0 Å². The first-order chi connectivity index (χ1) is 9.31. The molecule has 0 spiro atoms. The van der Waals surface area contributed by atoms with Gasteiger partial charge in [0.25, 0.3) is 0 Å². The Morgan fingerprint density at radius 2 is 1.55 bits per heavy atom. The highest BCUT2D eigenvalue weighted by atomic mass is 16.7. The van der Waals surface area contributed by atoms with Crippen LogP contribution in [0.2, 0.25) is 0 Å². The molecule has 0 unspecified atom stereocenters. The molecule has 0 aromatic rings. The second-order valence-electron chi connectivity index (χ2n) is 3.62. The molecule has 0 fully saturated rings. The predicted molar refractivity (Wildman–Crippen MR) is 69.6 cm³/mol. The van der Waals surface area contributed by atoms with Crippen molar-refractivity contribution in [3.8, 4) is 0 Å². The van der Waals surface area contributed by atoms with Gasteiger partial charge in [-0.1, -0.05) is 12.2 Å². The molecule has 116 valence electrons. The van der Waals surface area contributed by atoms with Crippen LogP contribution < -0.4 is 0 Å². The van der Waals surface area contributed by atoms with Gasteiger partial charge in [-0.25, -0.2) is 9.59 Å². The third-order valence-corrected chi connectivity index (χ3v) is 1.83. The maximum atomic E-state index is 9.89. The van der Waals surface area contributed by atoms with Crippen LogP contribution in [0.3, 0.4) is 0 Å². The van der Waals surface area contributed by atoms with E-state index >= 15 is 0 Å². The Hall–Kier alpha value is -1.90. The van der Waals surface area contributed by atoms with Gasteiger partial charge in [0, 0.05) is 0 Å². The van der Waals surface area contributed by atoms with Gasteiger partial charge in [0.05, 0.1) is 25.4 Å². The van der Waals surface area contributed by atoms with Crippen LogP contribution in [-0.2, 0) is 9.47 Å². The van der Waals surface area contributed by atoms with Crippen LogP contribution in [0.5, 0.6) is 0 Å². The zero-order valence-corrected chi connectivity index (χ0v) is 11.0. The molecule has 0 heterocycles. The number of aliphatic hydroxyl groups is 2. The summed E-state index contributed by atoms with van der Waals surface area (Å²) in [5, 5.41) is 33.3. The Morgan fingerprint density at radius 1 is 1.10 bits per heavy atom. The summed E-state index contributed by atoms with van der Waals surface area (Å²) in [6, 6.07) is 0. The number of carbonyl (C=O) groups is 2. The summed E-state index contributed by atoms with van der Waals surface area (Å²) >= 11 is 0. The molecular formula is C12H20O8. The highest BCUT2D eigenvalue weighted by Crippen LogP contribution is 2.16. The van der Waals surface area contributed by atoms with E-state index < -0.39 is 17.9 Å². The molecule has 0 bridgehead atoms. The number of ether oxygens (including phenoxy) is 2. The predicted octanol–water partition coefficient (Wildman–Crippen LogP) is 1.24. The van der Waals surface area contributed by atoms with E-state index in [1.165, 1.54) is 0 Å². The molecule has 8 nitrogen and oxygen atoms in total. The van der Waals surface area contributed by atoms with Crippen LogP contribution in [0, 0.1) is 0 Å². The number of hydrogen-bond donors (Lipinski definition) is 4. The first-order valence-corrected chi connectivity index (χ1v) is 5.57. The minimum absolute atomic E-state index is 0.0295. The molecule has 0 aliphatic carbocycles. The van der Waals surface area contributed by atoms with E-state index in [9.17, 15) is 14.7 Å². The van der Waals surface area contributed by atoms with Crippen LogP contribution in [0.4, 0.5) is 9.59 Å². The molecule has 0 saturated heterocycles. The van der Waals surface area contributed by atoms with Gasteiger partial charge in [-0.2, -0.15) is 0 Å². The third kappa shape index (κ3) is 14.2. The van der Waals surface area contributed by atoms with Crippen LogP contribution in [0.1, 0.15) is 12.8 Å². The molecule has 0 aliphatic heterocycles. The van der Waals surface area contributed by atoms with Gasteiger partial charge in [-0.15, -0.1) is 13.2 Å². The lowest BCUT2D eigenvalue weighted by molar-refractivity contribution is -0.0486. The Balaban J connectivity index is 0. The van der Waals surface area contributed by atoms with E-state index in [2.05, 4.69) is 17.9 Å². The molecule has 0 rings (SSSR count). The molecule has 0 aromatic carbocycles. The second kappa shape index (κ2) is 12.2. The Bertz CT molecular complexity index is 291. The molecule has 8 heteroatoms. The lowest BCUT2D eigenvalue weighted by atomic mass is 9.97. The lowest BCUT2D eigenvalue weighted by Gasteiger charge is -2.25. The largest absolute Gasteiger partial charge is 0.516 e. The molecular weight excluding hydrogens is 272 g/mol. The summed E-state index contributed by atoms with van der Waals surface area (Å²) in [6.07, 6.45) is 0.590. The normalized spacial score (nSPS) is 9.90. The zero-order valence-electron chi connectivity index (χ0n) is 11.0. The maximum absolute atomic E-state index is 9.89. The standard InChI is InChI=1S/C10H18O3.C2H2O5/c1-3-5-10(12,6-4-2)9-13-8-7-11;3-1(4)7-2(5)6/h3-4,11-12H,1-2,5-9H2;(H,3,4)(H,5,6). The van der Waals surface area contributed by atoms with Crippen molar-refractivity contribution >= 4 is 12.3 Å². The maximum Gasteiger partial charge on any atom is 0.516 e. The van der Waals surface area contributed by atoms with Gasteiger partial charge in [0.2, 0.25) is 0 Å². The van der Waals surface area contributed by atoms with Crippen molar-refractivity contribution in [2.24, 2.45) is 0 Å². The van der Waals surface area contributed by atoms with Gasteiger partial charge in [-0.05, 0) is 12.8 Å². The molecule has 20 heavy (non-hydrogen) atoms. The van der Waals surface area contributed by atoms with Gasteiger partial charge >= 0.3 is 12.3 Å². The smallest absolute Gasteiger partial charge is 0.449 e. The van der Waals surface area contributed by atoms with Crippen molar-refractivity contribution in [3.63, 3.8) is 0 Å². The van der Waals surface area contributed by atoms with Crippen molar-refractivity contribution < 1.29 is 39.5 Å². The molecule has 4 N–H and O–H groups in total. The van der Waals surface area contributed by atoms with Gasteiger partial charge in [0.15, 0.2) is 0 Å². The fraction of sp³-hybridized carbons (Fsp3) is 0.500. The van der Waals surface area contributed by atoms with Gasteiger partial charge < -0.3 is 29.9 Å². The lowest BCUT2D eigenvalue weighted by Crippen LogP contribution is -2.33. The third-order valence-electron chi connectivity index (χ3n) is 1.83. The highest BCUT2D eigenvalue weighted by Gasteiger charge is 2.23. The number of rotatable bonds is 8. The topological polar surface area (TPSA) is 134 Å². The van der Waals surface area contributed by atoms with Crippen molar-refractivity contribution in [2.75, 3.05) is 19.8 Å². The summed E-state index contributed by atoms with van der Waals surface area (Å²) in [5.41, 5.74) is -0.918. The number of aliphatic hydroxyl groups excluding tert-OH is 1. The summed E-state index contributed by atoms with van der Waals surface area (Å²) in [4.78, 5) is 18.4. The van der Waals surface area contributed by atoms with E-state index in [0.717, 1.165) is 0 Å². The van der Waals surface area contributed by atoms with Crippen LogP contribution in [-0.4, -0.2) is 58.2 Å². The Morgan fingerprint density at radius 3 is 1.80 bits per heavy atom. The summed E-state index contributed by atoms with van der Waals surface area (Å²) in [5.74, 6) is 0. The second-order valence-corrected chi connectivity index (χ2v) is 3.62. The molecule has 0 saturated carbocycles. The molecule has 0 aliphatic rings. The quantitative estimate of drug-likeness (QED) is 0.227. The first kappa shape index (κ1) is 20.4. The van der Waals surface area contributed by atoms with Crippen molar-refractivity contribution in [2.45, 2.75) is 18.4 Å². The number of hydrogen-bond acceptors (Lipinski definition) is 6. The molecule has 0 radical (unpaired) electrons. The average Bonchev–Trinajstić information content (AvgIpc) is 2.28. The van der Waals surface area contributed by atoms with E-state index in [4.69, 9.17) is 20.1 Å². The van der Waals surface area contributed by atoms with E-state index in [1.807, 2.05) is 0 Å². The Kier molecular flexibility index (Phi) is 12.4. The minimum Gasteiger partial charge on any atom is -0.449 e. The summed E-state index contributed by atoms with van der Waals surface area (Å²) in [7, 11) is 0. The monoisotopic (exact) mass is 292 g/mol. The van der Waals surface area contributed by atoms with Crippen molar-refractivity contribution in [1.82, 2.24) is 0 Å².